The average Bonchev–Trinajstić information content (AvgIpc) is 2.07. The molecule has 0 bridgehead atoms. The first-order valence-corrected chi connectivity index (χ1v) is 3.96. The van der Waals surface area contributed by atoms with Gasteiger partial charge >= 0.3 is 0 Å². The summed E-state index contributed by atoms with van der Waals surface area (Å²) in [5, 5.41) is 8.42. The second-order valence-electron chi connectivity index (χ2n) is 2.86. The molecule has 0 aliphatic carbocycles. The van der Waals surface area contributed by atoms with Gasteiger partial charge in [-0.25, -0.2) is 0 Å². The molecular weight excluding hydrogens is 158 g/mol. The lowest BCUT2D eigenvalue weighted by Gasteiger charge is -2.36. The van der Waals surface area contributed by atoms with Crippen LogP contribution in [0.4, 0.5) is 0 Å². The SMILES string of the molecule is O=CNC1(NC=O)CCNCC1. The molecule has 5 nitrogen and oxygen atoms in total. The number of hydrogen-bond donors (Lipinski definition) is 3. The minimum Gasteiger partial charge on any atom is -0.336 e. The van der Waals surface area contributed by atoms with Crippen LogP contribution in [0.5, 0.6) is 0 Å². The van der Waals surface area contributed by atoms with Gasteiger partial charge in [0.05, 0.1) is 0 Å². The minimum absolute atomic E-state index is 0.519. The Morgan fingerprint density at radius 1 is 1.08 bits per heavy atom. The van der Waals surface area contributed by atoms with Crippen LogP contribution in [0.25, 0.3) is 0 Å². The third-order valence-corrected chi connectivity index (χ3v) is 2.13. The van der Waals surface area contributed by atoms with Gasteiger partial charge in [-0.3, -0.25) is 9.59 Å². The van der Waals surface area contributed by atoms with Crippen LogP contribution in [-0.4, -0.2) is 31.6 Å². The Kier molecular flexibility index (Phi) is 3.04. The van der Waals surface area contributed by atoms with E-state index in [0.717, 1.165) is 25.9 Å². The highest BCUT2D eigenvalue weighted by Gasteiger charge is 2.30. The van der Waals surface area contributed by atoms with Crippen LogP contribution in [0, 0.1) is 0 Å². The molecule has 1 saturated heterocycles. The van der Waals surface area contributed by atoms with Crippen molar-refractivity contribution in [2.24, 2.45) is 0 Å². The summed E-state index contributed by atoms with van der Waals surface area (Å²) in [4.78, 5) is 20.5. The zero-order valence-corrected chi connectivity index (χ0v) is 6.80. The molecule has 1 aliphatic heterocycles. The maximum absolute atomic E-state index is 10.3. The third-order valence-electron chi connectivity index (χ3n) is 2.13. The molecule has 0 aromatic carbocycles. The van der Waals surface area contributed by atoms with Gasteiger partial charge in [-0.2, -0.15) is 0 Å². The van der Waals surface area contributed by atoms with Crippen LogP contribution in [-0.2, 0) is 9.59 Å². The summed E-state index contributed by atoms with van der Waals surface area (Å²) >= 11 is 0. The normalized spacial score (nSPS) is 21.0. The Balaban J connectivity index is 2.55. The van der Waals surface area contributed by atoms with Crippen molar-refractivity contribution >= 4 is 12.8 Å². The zero-order chi connectivity index (χ0) is 8.86. The highest BCUT2D eigenvalue weighted by molar-refractivity contribution is 5.53. The smallest absolute Gasteiger partial charge is 0.208 e. The van der Waals surface area contributed by atoms with Gasteiger partial charge < -0.3 is 16.0 Å². The van der Waals surface area contributed by atoms with Gasteiger partial charge in [0, 0.05) is 12.8 Å². The summed E-state index contributed by atoms with van der Waals surface area (Å²) in [5.41, 5.74) is -0.519. The second-order valence-corrected chi connectivity index (χ2v) is 2.86. The van der Waals surface area contributed by atoms with Crippen molar-refractivity contribution in [2.75, 3.05) is 13.1 Å². The number of rotatable bonds is 4. The van der Waals surface area contributed by atoms with Crippen molar-refractivity contribution < 1.29 is 9.59 Å². The van der Waals surface area contributed by atoms with Gasteiger partial charge in [-0.1, -0.05) is 0 Å². The number of carbonyl (C=O) groups is 2. The van der Waals surface area contributed by atoms with E-state index in [1.807, 2.05) is 0 Å². The molecule has 0 radical (unpaired) electrons. The second kappa shape index (κ2) is 4.06. The number of nitrogens with one attached hydrogen (secondary N) is 3. The highest BCUT2D eigenvalue weighted by Crippen LogP contribution is 2.12. The molecule has 1 rings (SSSR count). The van der Waals surface area contributed by atoms with Crippen molar-refractivity contribution in [1.29, 1.82) is 0 Å². The van der Waals surface area contributed by atoms with E-state index in [1.165, 1.54) is 0 Å². The van der Waals surface area contributed by atoms with Gasteiger partial charge in [0.1, 0.15) is 5.66 Å². The number of amides is 2. The zero-order valence-electron chi connectivity index (χ0n) is 6.80. The first kappa shape index (κ1) is 8.99. The van der Waals surface area contributed by atoms with E-state index in [-0.39, 0.29) is 0 Å². The Hall–Kier alpha value is -1.10. The maximum atomic E-state index is 10.3. The fourth-order valence-corrected chi connectivity index (χ4v) is 1.41. The summed E-state index contributed by atoms with van der Waals surface area (Å²) in [5.74, 6) is 0. The summed E-state index contributed by atoms with van der Waals surface area (Å²) in [7, 11) is 0. The van der Waals surface area contributed by atoms with Gasteiger partial charge in [0.2, 0.25) is 12.8 Å². The van der Waals surface area contributed by atoms with E-state index in [0.29, 0.717) is 12.8 Å². The predicted octanol–water partition coefficient (Wildman–Crippen LogP) is -1.44. The summed E-state index contributed by atoms with van der Waals surface area (Å²) in [6.45, 7) is 1.61. The lowest BCUT2D eigenvalue weighted by molar-refractivity contribution is -0.115. The molecule has 2 amide bonds. The average molecular weight is 171 g/mol. The molecular formula is C7H13N3O2. The van der Waals surface area contributed by atoms with E-state index in [9.17, 15) is 9.59 Å². The van der Waals surface area contributed by atoms with Crippen molar-refractivity contribution in [3.63, 3.8) is 0 Å². The van der Waals surface area contributed by atoms with E-state index in [4.69, 9.17) is 0 Å². The number of carbonyl (C=O) groups excluding carboxylic acids is 2. The maximum Gasteiger partial charge on any atom is 0.208 e. The van der Waals surface area contributed by atoms with Crippen LogP contribution in [0.2, 0.25) is 0 Å². The largest absolute Gasteiger partial charge is 0.336 e. The van der Waals surface area contributed by atoms with Gasteiger partial charge in [0.15, 0.2) is 0 Å². The van der Waals surface area contributed by atoms with Crippen LogP contribution in [0.3, 0.4) is 0 Å². The molecule has 68 valence electrons. The fraction of sp³-hybridized carbons (Fsp3) is 0.714. The van der Waals surface area contributed by atoms with E-state index in [1.54, 1.807) is 0 Å². The molecule has 0 atom stereocenters. The summed E-state index contributed by atoms with van der Waals surface area (Å²) in [6.07, 6.45) is 2.71. The standard InChI is InChI=1S/C7H13N3O2/c11-5-9-7(10-6-12)1-3-8-4-2-7/h5-6,8H,1-4H2,(H,9,11)(H,10,12). The molecule has 1 aliphatic rings. The van der Waals surface area contributed by atoms with Crippen molar-refractivity contribution in [3.05, 3.63) is 0 Å². The molecule has 12 heavy (non-hydrogen) atoms. The van der Waals surface area contributed by atoms with E-state index < -0.39 is 5.66 Å². The van der Waals surface area contributed by atoms with Crippen molar-refractivity contribution in [2.45, 2.75) is 18.5 Å². The van der Waals surface area contributed by atoms with Crippen LogP contribution >= 0.6 is 0 Å². The Morgan fingerprint density at radius 3 is 2.00 bits per heavy atom. The van der Waals surface area contributed by atoms with Gasteiger partial charge in [-0.05, 0) is 13.1 Å². The lowest BCUT2D eigenvalue weighted by atomic mass is 9.99. The highest BCUT2D eigenvalue weighted by atomic mass is 16.1. The van der Waals surface area contributed by atoms with E-state index in [2.05, 4.69) is 16.0 Å². The quantitative estimate of drug-likeness (QED) is 0.358. The predicted molar refractivity (Wildman–Crippen MR) is 43.2 cm³/mol. The third kappa shape index (κ3) is 1.94. The Bertz CT molecular complexity index is 154. The molecule has 3 N–H and O–H groups in total. The summed E-state index contributed by atoms with van der Waals surface area (Å²) in [6, 6.07) is 0. The van der Waals surface area contributed by atoms with Crippen LogP contribution in [0.15, 0.2) is 0 Å². The lowest BCUT2D eigenvalue weighted by Crippen LogP contribution is -2.60. The van der Waals surface area contributed by atoms with E-state index >= 15 is 0 Å². The van der Waals surface area contributed by atoms with Crippen molar-refractivity contribution in [3.8, 4) is 0 Å². The first-order chi connectivity index (χ1) is 5.83. The van der Waals surface area contributed by atoms with Gasteiger partial charge in [0.25, 0.3) is 0 Å². The Labute approximate surface area is 70.9 Å². The molecule has 0 aromatic rings. The monoisotopic (exact) mass is 171 g/mol. The first-order valence-electron chi connectivity index (χ1n) is 3.96. The molecule has 0 spiro atoms. The topological polar surface area (TPSA) is 70.2 Å². The molecule has 5 heteroatoms. The number of piperidine rings is 1. The number of hydrogen-bond acceptors (Lipinski definition) is 3. The molecule has 0 unspecified atom stereocenters. The van der Waals surface area contributed by atoms with Crippen molar-refractivity contribution in [1.82, 2.24) is 16.0 Å². The minimum atomic E-state index is -0.519. The van der Waals surface area contributed by atoms with Crippen LogP contribution < -0.4 is 16.0 Å². The molecule has 0 saturated carbocycles. The molecule has 0 aromatic heterocycles. The Morgan fingerprint density at radius 2 is 1.58 bits per heavy atom. The van der Waals surface area contributed by atoms with Gasteiger partial charge in [-0.15, -0.1) is 0 Å². The summed E-state index contributed by atoms with van der Waals surface area (Å²) < 4.78 is 0. The molecule has 1 heterocycles. The van der Waals surface area contributed by atoms with Crippen LogP contribution in [0.1, 0.15) is 12.8 Å². The fourth-order valence-electron chi connectivity index (χ4n) is 1.41. The molecule has 1 fully saturated rings.